The maximum Gasteiger partial charge on any atom is 0.0598 e. The Bertz CT molecular complexity index is 125. The van der Waals surface area contributed by atoms with Gasteiger partial charge >= 0.3 is 0 Å². The van der Waals surface area contributed by atoms with Crippen LogP contribution in [-0.4, -0.2) is 12.2 Å². The molecule has 74 valence electrons. The molecule has 0 rings (SSSR count). The fourth-order valence-electron chi connectivity index (χ4n) is 0.625. The molecule has 0 amide bonds. The third-order valence-corrected chi connectivity index (χ3v) is 2.24. The van der Waals surface area contributed by atoms with E-state index < -0.39 is 0 Å². The summed E-state index contributed by atoms with van der Waals surface area (Å²) >= 11 is 0. The molecular weight excluding hydrogens is 148 g/mol. The molecule has 0 aromatic heterocycles. The van der Waals surface area contributed by atoms with E-state index in [0.717, 1.165) is 6.61 Å². The molecule has 0 unspecified atom stereocenters. The van der Waals surface area contributed by atoms with Crippen molar-refractivity contribution in [3.63, 3.8) is 0 Å². The van der Waals surface area contributed by atoms with E-state index in [1.165, 1.54) is 0 Å². The van der Waals surface area contributed by atoms with Crippen molar-refractivity contribution in [3.05, 3.63) is 0 Å². The Labute approximate surface area is 77.5 Å². The molecule has 0 heterocycles. The molecule has 1 heteroatoms. The van der Waals surface area contributed by atoms with Crippen LogP contribution < -0.4 is 0 Å². The second kappa shape index (κ2) is 3.78. The van der Waals surface area contributed by atoms with Crippen LogP contribution in [0, 0.1) is 11.3 Å². The van der Waals surface area contributed by atoms with Crippen LogP contribution in [0.25, 0.3) is 0 Å². The van der Waals surface area contributed by atoms with Crippen LogP contribution in [0.3, 0.4) is 0 Å². The van der Waals surface area contributed by atoms with Crippen molar-refractivity contribution in [2.24, 2.45) is 11.3 Å². The smallest absolute Gasteiger partial charge is 0.0598 e. The minimum atomic E-state index is -0.000486. The molecule has 1 nitrogen and oxygen atoms in total. The zero-order valence-corrected chi connectivity index (χ0v) is 9.69. The first kappa shape index (κ1) is 12.0. The number of hydrogen-bond donors (Lipinski definition) is 0. The highest BCUT2D eigenvalue weighted by molar-refractivity contribution is 4.71. The first-order valence-electron chi connectivity index (χ1n) is 4.77. The van der Waals surface area contributed by atoms with Crippen LogP contribution in [0.15, 0.2) is 0 Å². The van der Waals surface area contributed by atoms with Gasteiger partial charge in [-0.2, -0.15) is 0 Å². The summed E-state index contributed by atoms with van der Waals surface area (Å²) in [6, 6.07) is 0. The van der Waals surface area contributed by atoms with E-state index in [-0.39, 0.29) is 5.60 Å². The molecule has 0 aliphatic heterocycles. The Morgan fingerprint density at radius 1 is 1.00 bits per heavy atom. The predicted molar refractivity (Wildman–Crippen MR) is 54.3 cm³/mol. The Hall–Kier alpha value is -0.0400. The van der Waals surface area contributed by atoms with Crippen molar-refractivity contribution in [2.45, 2.75) is 54.1 Å². The molecule has 1 atom stereocenters. The first-order valence-corrected chi connectivity index (χ1v) is 4.77. The van der Waals surface area contributed by atoms with Gasteiger partial charge in [-0.05, 0) is 32.1 Å². The van der Waals surface area contributed by atoms with Crippen LogP contribution in [0.2, 0.25) is 0 Å². The lowest BCUT2D eigenvalue weighted by molar-refractivity contribution is -0.0371. The van der Waals surface area contributed by atoms with Crippen molar-refractivity contribution < 1.29 is 4.74 Å². The Morgan fingerprint density at radius 3 is 1.67 bits per heavy atom. The highest BCUT2D eigenvalue weighted by Crippen LogP contribution is 2.26. The molecule has 0 saturated heterocycles. The van der Waals surface area contributed by atoms with Gasteiger partial charge in [0.2, 0.25) is 0 Å². The molecule has 0 N–H and O–H groups in total. The average Bonchev–Trinajstić information content (AvgIpc) is 1.78. The summed E-state index contributed by atoms with van der Waals surface area (Å²) in [5.74, 6) is 0.608. The summed E-state index contributed by atoms with van der Waals surface area (Å²) in [6.45, 7) is 16.2. The van der Waals surface area contributed by atoms with E-state index in [1.807, 2.05) is 0 Å². The van der Waals surface area contributed by atoms with Crippen LogP contribution in [0.5, 0.6) is 0 Å². The summed E-state index contributed by atoms with van der Waals surface area (Å²) in [4.78, 5) is 0. The zero-order valence-electron chi connectivity index (χ0n) is 9.69. The van der Waals surface area contributed by atoms with Crippen molar-refractivity contribution in [3.8, 4) is 0 Å². The molecule has 0 aromatic carbocycles. The SMILES string of the molecule is C[C@H](COC(C)(C)C)C(C)(C)C. The predicted octanol–water partition coefficient (Wildman–Crippen LogP) is 3.48. The standard InChI is InChI=1S/C11H24O/c1-9(10(2,3)4)8-12-11(5,6)7/h9H,8H2,1-7H3/t9-/m1/s1. The van der Waals surface area contributed by atoms with Crippen molar-refractivity contribution >= 4 is 0 Å². The minimum absolute atomic E-state index is 0.000486. The Balaban J connectivity index is 3.80. The van der Waals surface area contributed by atoms with Crippen LogP contribution in [0.4, 0.5) is 0 Å². The molecule has 0 fully saturated rings. The third-order valence-electron chi connectivity index (χ3n) is 2.24. The van der Waals surface area contributed by atoms with E-state index in [1.54, 1.807) is 0 Å². The number of rotatable bonds is 2. The second-order valence-electron chi connectivity index (χ2n) is 5.69. The molecule has 0 aliphatic rings. The lowest BCUT2D eigenvalue weighted by Gasteiger charge is -2.30. The molecule has 0 radical (unpaired) electrons. The minimum Gasteiger partial charge on any atom is -0.376 e. The van der Waals surface area contributed by atoms with Crippen LogP contribution in [0.1, 0.15) is 48.5 Å². The van der Waals surface area contributed by atoms with Gasteiger partial charge in [0.05, 0.1) is 12.2 Å². The number of hydrogen-bond acceptors (Lipinski definition) is 1. The van der Waals surface area contributed by atoms with Crippen molar-refractivity contribution in [2.75, 3.05) is 6.61 Å². The quantitative estimate of drug-likeness (QED) is 0.619. The monoisotopic (exact) mass is 172 g/mol. The Kier molecular flexibility index (Phi) is 3.77. The molecule has 12 heavy (non-hydrogen) atoms. The fraction of sp³-hybridized carbons (Fsp3) is 1.00. The fourth-order valence-corrected chi connectivity index (χ4v) is 0.625. The third kappa shape index (κ3) is 5.59. The molecule has 0 spiro atoms. The van der Waals surface area contributed by atoms with Gasteiger partial charge in [0.1, 0.15) is 0 Å². The maximum atomic E-state index is 5.72. The topological polar surface area (TPSA) is 9.23 Å². The summed E-state index contributed by atoms with van der Waals surface area (Å²) in [5.41, 5.74) is 0.352. The molecule has 0 aliphatic carbocycles. The van der Waals surface area contributed by atoms with E-state index in [9.17, 15) is 0 Å². The van der Waals surface area contributed by atoms with E-state index >= 15 is 0 Å². The van der Waals surface area contributed by atoms with Gasteiger partial charge in [0.15, 0.2) is 0 Å². The van der Waals surface area contributed by atoms with Gasteiger partial charge in [0, 0.05) is 0 Å². The van der Waals surface area contributed by atoms with Gasteiger partial charge in [-0.25, -0.2) is 0 Å². The van der Waals surface area contributed by atoms with Crippen molar-refractivity contribution in [1.82, 2.24) is 0 Å². The second-order valence-corrected chi connectivity index (χ2v) is 5.69. The summed E-state index contributed by atoms with van der Waals surface area (Å²) in [5, 5.41) is 0. The summed E-state index contributed by atoms with van der Waals surface area (Å²) in [7, 11) is 0. The molecule has 0 aromatic rings. The molecule has 0 saturated carbocycles. The van der Waals surface area contributed by atoms with E-state index in [0.29, 0.717) is 11.3 Å². The van der Waals surface area contributed by atoms with Gasteiger partial charge in [-0.1, -0.05) is 27.7 Å². The summed E-state index contributed by atoms with van der Waals surface area (Å²) < 4.78 is 5.72. The summed E-state index contributed by atoms with van der Waals surface area (Å²) in [6.07, 6.45) is 0. The van der Waals surface area contributed by atoms with Gasteiger partial charge in [-0.3, -0.25) is 0 Å². The van der Waals surface area contributed by atoms with Crippen molar-refractivity contribution in [1.29, 1.82) is 0 Å². The number of ether oxygens (including phenoxy) is 1. The first-order chi connectivity index (χ1) is 5.13. The largest absolute Gasteiger partial charge is 0.376 e. The maximum absolute atomic E-state index is 5.72. The average molecular weight is 172 g/mol. The van der Waals surface area contributed by atoms with Gasteiger partial charge in [0.25, 0.3) is 0 Å². The zero-order chi connectivity index (χ0) is 9.99. The van der Waals surface area contributed by atoms with Gasteiger partial charge < -0.3 is 4.74 Å². The lowest BCUT2D eigenvalue weighted by atomic mass is 9.83. The highest BCUT2D eigenvalue weighted by Gasteiger charge is 2.22. The van der Waals surface area contributed by atoms with Gasteiger partial charge in [-0.15, -0.1) is 0 Å². The molecule has 0 bridgehead atoms. The van der Waals surface area contributed by atoms with E-state index in [2.05, 4.69) is 48.5 Å². The van der Waals surface area contributed by atoms with Crippen LogP contribution >= 0.6 is 0 Å². The van der Waals surface area contributed by atoms with E-state index in [4.69, 9.17) is 4.74 Å². The lowest BCUT2D eigenvalue weighted by Crippen LogP contribution is -2.28. The van der Waals surface area contributed by atoms with Crippen LogP contribution in [-0.2, 0) is 4.74 Å². The normalized spacial score (nSPS) is 16.2. The highest BCUT2D eigenvalue weighted by atomic mass is 16.5. The Morgan fingerprint density at radius 2 is 1.42 bits per heavy atom. The molecular formula is C11H24O.